The first-order valence-electron chi connectivity index (χ1n) is 12.8. The molecule has 1 unspecified atom stereocenters. The Labute approximate surface area is 259 Å². The standard InChI is InChI=1S/C21H16F5O7PS.C4H8O4.C2H6/c1-9(2)32-21(28)30-8-31-34(29)7-10-3-4-12-11(5-10)6-13(35-12)20(27)33-19-17(25)15(23)14(22)16(24)18(19)26;1-3(2)7-4(5)8-6;1-2/h3-6,9,29H,7-8H2,1-2H3;3,6H,1-2H3;1-2H3. The van der Waals surface area contributed by atoms with Crippen molar-refractivity contribution >= 4 is 48.1 Å². The normalized spacial score (nSPS) is 11.2. The molecule has 1 heterocycles. The zero-order valence-electron chi connectivity index (χ0n) is 24.7. The summed E-state index contributed by atoms with van der Waals surface area (Å²) >= 11 is 0.856. The van der Waals surface area contributed by atoms with Gasteiger partial charge in [-0.05, 0) is 56.8 Å². The van der Waals surface area contributed by atoms with Gasteiger partial charge in [0, 0.05) is 10.9 Å². The van der Waals surface area contributed by atoms with Crippen LogP contribution < -0.4 is 4.74 Å². The molecule has 1 atom stereocenters. The van der Waals surface area contributed by atoms with E-state index in [2.05, 4.69) is 19.1 Å². The Morgan fingerprint density at radius 2 is 1.38 bits per heavy atom. The maximum atomic E-state index is 13.8. The fourth-order valence-corrected chi connectivity index (χ4v) is 4.58. The summed E-state index contributed by atoms with van der Waals surface area (Å²) in [6, 6.07) is 6.08. The average Bonchev–Trinajstić information content (AvgIpc) is 3.41. The smallest absolute Gasteiger partial charge is 0.432 e. The van der Waals surface area contributed by atoms with Crippen molar-refractivity contribution in [2.75, 3.05) is 6.79 Å². The molecule has 0 radical (unpaired) electrons. The van der Waals surface area contributed by atoms with E-state index in [9.17, 15) is 41.2 Å². The van der Waals surface area contributed by atoms with Crippen LogP contribution in [0, 0.1) is 29.1 Å². The van der Waals surface area contributed by atoms with Crippen LogP contribution in [-0.4, -0.2) is 47.4 Å². The van der Waals surface area contributed by atoms with Gasteiger partial charge in [-0.3, -0.25) is 9.41 Å². The lowest BCUT2D eigenvalue weighted by Gasteiger charge is -2.12. The van der Waals surface area contributed by atoms with E-state index < -0.39 is 68.3 Å². The van der Waals surface area contributed by atoms with Crippen LogP contribution >= 0.6 is 19.7 Å². The van der Waals surface area contributed by atoms with Gasteiger partial charge in [0.25, 0.3) is 0 Å². The molecule has 3 rings (SSSR count). The number of rotatable bonds is 9. The van der Waals surface area contributed by atoms with E-state index in [-0.39, 0.29) is 23.2 Å². The number of ether oxygens (including phenoxy) is 4. The lowest BCUT2D eigenvalue weighted by atomic mass is 10.2. The number of halogens is 5. The molecule has 3 aromatic rings. The first kappa shape index (κ1) is 39.4. The molecule has 45 heavy (non-hydrogen) atoms. The van der Waals surface area contributed by atoms with Crippen LogP contribution in [-0.2, 0) is 29.8 Å². The maximum absolute atomic E-state index is 13.8. The van der Waals surface area contributed by atoms with Gasteiger partial charge in [0.2, 0.25) is 41.6 Å². The summed E-state index contributed by atoms with van der Waals surface area (Å²) in [4.78, 5) is 46.6. The van der Waals surface area contributed by atoms with Crippen LogP contribution in [0.4, 0.5) is 31.5 Å². The van der Waals surface area contributed by atoms with Gasteiger partial charge in [-0.2, -0.15) is 14.0 Å². The highest BCUT2D eigenvalue weighted by molar-refractivity contribution is 7.45. The van der Waals surface area contributed by atoms with Crippen LogP contribution in [0.3, 0.4) is 0 Å². The first-order chi connectivity index (χ1) is 21.1. The van der Waals surface area contributed by atoms with Gasteiger partial charge in [-0.15, -0.1) is 11.3 Å². The van der Waals surface area contributed by atoms with E-state index in [4.69, 9.17) is 14.5 Å². The van der Waals surface area contributed by atoms with Crippen LogP contribution in [0.5, 0.6) is 5.75 Å². The Bertz CT molecular complexity index is 1420. The fourth-order valence-electron chi connectivity index (χ4n) is 2.89. The molecule has 0 bridgehead atoms. The first-order valence-corrected chi connectivity index (χ1v) is 15.1. The largest absolute Gasteiger partial charge is 0.540 e. The van der Waals surface area contributed by atoms with Gasteiger partial charge in [0.15, 0.2) is 8.38 Å². The monoisotopic (exact) mass is 688 g/mol. The molecule has 2 aromatic carbocycles. The molecule has 11 nitrogen and oxygen atoms in total. The number of fused-ring (bicyclic) bond motifs is 1. The van der Waals surface area contributed by atoms with Gasteiger partial charge in [0.1, 0.15) is 4.88 Å². The minimum absolute atomic E-state index is 0.0358. The molecule has 18 heteroatoms. The van der Waals surface area contributed by atoms with Gasteiger partial charge in [-0.25, -0.2) is 27.6 Å². The number of esters is 1. The van der Waals surface area contributed by atoms with Gasteiger partial charge in [-0.1, -0.05) is 19.9 Å². The average molecular weight is 689 g/mol. The Morgan fingerprint density at radius 3 is 1.89 bits per heavy atom. The summed E-state index contributed by atoms with van der Waals surface area (Å²) in [5.41, 5.74) is 0.577. The third kappa shape index (κ3) is 12.4. The van der Waals surface area contributed by atoms with E-state index >= 15 is 0 Å². The number of thiophene rings is 1. The molecule has 0 aliphatic heterocycles. The molecule has 0 spiro atoms. The molecular weight excluding hydrogens is 658 g/mol. The summed E-state index contributed by atoms with van der Waals surface area (Å²) in [5, 5.41) is 8.09. The van der Waals surface area contributed by atoms with Crippen molar-refractivity contribution in [1.82, 2.24) is 0 Å². The molecule has 0 amide bonds. The number of hydrogen-bond acceptors (Lipinski definition) is 12. The Balaban J connectivity index is 0.000000880. The highest BCUT2D eigenvalue weighted by atomic mass is 32.1. The lowest BCUT2D eigenvalue weighted by molar-refractivity contribution is -0.203. The second-order valence-electron chi connectivity index (χ2n) is 8.60. The third-order valence-electron chi connectivity index (χ3n) is 4.58. The quantitative estimate of drug-likeness (QED) is 0.0258. The molecule has 0 saturated carbocycles. The topological polar surface area (TPSA) is 147 Å². The molecular formula is C27H30F5O11PS. The van der Waals surface area contributed by atoms with Gasteiger partial charge in [0.05, 0.1) is 12.2 Å². The molecule has 0 aliphatic carbocycles. The van der Waals surface area contributed by atoms with Crippen LogP contribution in [0.1, 0.15) is 56.8 Å². The number of carbonyl (C=O) groups excluding carboxylic acids is 3. The summed E-state index contributed by atoms with van der Waals surface area (Å²) in [5.74, 6) is -14.4. The van der Waals surface area contributed by atoms with E-state index in [0.717, 1.165) is 11.3 Å². The SMILES string of the molecule is CC.CC(C)OC(=O)OCOP(O)Cc1ccc2sc(C(=O)Oc3c(F)c(F)c(F)c(F)c3F)cc2c1.CC(C)OC(=O)OO. The lowest BCUT2D eigenvalue weighted by Crippen LogP contribution is -2.14. The molecule has 0 aliphatic rings. The van der Waals surface area contributed by atoms with E-state index in [1.807, 2.05) is 13.8 Å². The van der Waals surface area contributed by atoms with E-state index in [1.54, 1.807) is 45.9 Å². The van der Waals surface area contributed by atoms with E-state index in [1.165, 1.54) is 6.07 Å². The molecule has 2 N–H and O–H groups in total. The molecule has 0 saturated heterocycles. The van der Waals surface area contributed by atoms with Crippen molar-refractivity contribution in [3.63, 3.8) is 0 Å². The molecule has 0 fully saturated rings. The van der Waals surface area contributed by atoms with Crippen molar-refractivity contribution in [1.29, 1.82) is 0 Å². The second-order valence-corrected chi connectivity index (χ2v) is 11.0. The highest BCUT2D eigenvalue weighted by Gasteiger charge is 2.29. The summed E-state index contributed by atoms with van der Waals surface area (Å²) in [6.07, 6.45) is -2.62. The highest BCUT2D eigenvalue weighted by Crippen LogP contribution is 2.38. The molecule has 250 valence electrons. The van der Waals surface area contributed by atoms with Crippen molar-refractivity contribution in [2.24, 2.45) is 0 Å². The summed E-state index contributed by atoms with van der Waals surface area (Å²) in [7, 11) is -2.02. The van der Waals surface area contributed by atoms with Crippen LogP contribution in [0.2, 0.25) is 0 Å². The number of hydrogen-bond donors (Lipinski definition) is 2. The Morgan fingerprint density at radius 1 is 0.844 bits per heavy atom. The maximum Gasteiger partial charge on any atom is 0.540 e. The fraction of sp³-hybridized carbons (Fsp3) is 0.370. The van der Waals surface area contributed by atoms with Crippen molar-refractivity contribution in [2.45, 2.75) is 59.9 Å². The molecule has 1 aromatic heterocycles. The Hall–Kier alpha value is -3.63. The Kier molecular flexibility index (Phi) is 16.6. The number of carbonyl (C=O) groups is 3. The summed E-state index contributed by atoms with van der Waals surface area (Å²) < 4.78 is 91.1. The third-order valence-corrected chi connectivity index (χ3v) is 6.72. The minimum atomic E-state index is -2.37. The van der Waals surface area contributed by atoms with Crippen molar-refractivity contribution < 1.29 is 74.8 Å². The number of benzene rings is 2. The van der Waals surface area contributed by atoms with Crippen molar-refractivity contribution in [3.05, 3.63) is 63.8 Å². The second kappa shape index (κ2) is 19.0. The zero-order valence-corrected chi connectivity index (χ0v) is 26.4. The minimum Gasteiger partial charge on any atom is -0.432 e. The summed E-state index contributed by atoms with van der Waals surface area (Å²) in [6.45, 7) is 10.0. The predicted octanol–water partition coefficient (Wildman–Crippen LogP) is 8.20. The van der Waals surface area contributed by atoms with Crippen LogP contribution in [0.15, 0.2) is 24.3 Å². The van der Waals surface area contributed by atoms with Crippen molar-refractivity contribution in [3.8, 4) is 5.75 Å². The van der Waals surface area contributed by atoms with Gasteiger partial charge < -0.3 is 23.8 Å². The van der Waals surface area contributed by atoms with Crippen LogP contribution in [0.25, 0.3) is 10.1 Å². The zero-order chi connectivity index (χ0) is 34.4. The predicted molar refractivity (Wildman–Crippen MR) is 151 cm³/mol. The van der Waals surface area contributed by atoms with E-state index in [0.29, 0.717) is 15.6 Å². The van der Waals surface area contributed by atoms with Gasteiger partial charge >= 0.3 is 18.3 Å².